The lowest BCUT2D eigenvalue weighted by atomic mass is 9.74. The highest BCUT2D eigenvalue weighted by Crippen LogP contribution is 2.36. The first-order chi connectivity index (χ1) is 11.5. The van der Waals surface area contributed by atoms with E-state index in [0.29, 0.717) is 28.9 Å². The van der Waals surface area contributed by atoms with Gasteiger partial charge in [0.15, 0.2) is 0 Å². The molecule has 0 unspecified atom stereocenters. The lowest BCUT2D eigenvalue weighted by molar-refractivity contribution is -0.150. The summed E-state index contributed by atoms with van der Waals surface area (Å²) in [6.45, 7) is 0.127. The Bertz CT molecular complexity index is 785. The fraction of sp³-hybridized carbons (Fsp3) is 0.389. The van der Waals surface area contributed by atoms with Gasteiger partial charge in [0.05, 0.1) is 16.5 Å². The number of hydrogen-bond donors (Lipinski definition) is 2. The number of pyridine rings is 1. The molecule has 2 N–H and O–H groups in total. The van der Waals surface area contributed by atoms with E-state index >= 15 is 0 Å². The zero-order valence-corrected chi connectivity index (χ0v) is 14.0. The fourth-order valence-corrected chi connectivity index (χ4v) is 3.59. The fourth-order valence-electron chi connectivity index (χ4n) is 3.37. The van der Waals surface area contributed by atoms with Crippen LogP contribution in [0, 0.1) is 5.41 Å². The molecule has 6 heteroatoms. The normalized spacial score (nSPS) is 16.7. The Kier molecular flexibility index (Phi) is 4.71. The van der Waals surface area contributed by atoms with Crippen LogP contribution in [-0.4, -0.2) is 28.5 Å². The van der Waals surface area contributed by atoms with Crippen molar-refractivity contribution >= 4 is 34.4 Å². The van der Waals surface area contributed by atoms with E-state index in [1.807, 2.05) is 6.07 Å². The van der Waals surface area contributed by atoms with Gasteiger partial charge in [0.25, 0.3) is 5.91 Å². The summed E-state index contributed by atoms with van der Waals surface area (Å²) in [5.74, 6) is -1.18. The monoisotopic (exact) mass is 346 g/mol. The van der Waals surface area contributed by atoms with Crippen molar-refractivity contribution in [3.8, 4) is 0 Å². The summed E-state index contributed by atoms with van der Waals surface area (Å²) < 4.78 is 0. The van der Waals surface area contributed by atoms with Gasteiger partial charge in [0.1, 0.15) is 0 Å². The Hall–Kier alpha value is -2.14. The minimum Gasteiger partial charge on any atom is -0.481 e. The van der Waals surface area contributed by atoms with Crippen molar-refractivity contribution in [2.75, 3.05) is 6.54 Å². The van der Waals surface area contributed by atoms with Crippen LogP contribution in [0.1, 0.15) is 42.5 Å². The lowest BCUT2D eigenvalue weighted by Crippen LogP contribution is -2.44. The molecule has 1 aromatic carbocycles. The van der Waals surface area contributed by atoms with Crippen LogP contribution < -0.4 is 5.32 Å². The summed E-state index contributed by atoms with van der Waals surface area (Å²) in [4.78, 5) is 28.6. The van der Waals surface area contributed by atoms with E-state index in [9.17, 15) is 14.7 Å². The zero-order chi connectivity index (χ0) is 17.2. The van der Waals surface area contributed by atoms with Crippen LogP contribution in [0.5, 0.6) is 0 Å². The maximum Gasteiger partial charge on any atom is 0.311 e. The predicted octanol–water partition coefficient (Wildman–Crippen LogP) is 3.65. The lowest BCUT2D eigenvalue weighted by Gasteiger charge is -2.33. The molecule has 1 saturated carbocycles. The quantitative estimate of drug-likeness (QED) is 0.885. The summed E-state index contributed by atoms with van der Waals surface area (Å²) in [6.07, 6.45) is 5.61. The molecule has 2 aromatic rings. The van der Waals surface area contributed by atoms with Crippen molar-refractivity contribution in [2.24, 2.45) is 5.41 Å². The van der Waals surface area contributed by atoms with Gasteiger partial charge < -0.3 is 10.4 Å². The first-order valence-corrected chi connectivity index (χ1v) is 8.45. The van der Waals surface area contributed by atoms with Crippen LogP contribution in [0.4, 0.5) is 0 Å². The molecule has 1 aliphatic rings. The van der Waals surface area contributed by atoms with E-state index in [1.165, 1.54) is 0 Å². The van der Waals surface area contributed by atoms with Crippen molar-refractivity contribution < 1.29 is 14.7 Å². The predicted molar refractivity (Wildman–Crippen MR) is 92.2 cm³/mol. The molecule has 24 heavy (non-hydrogen) atoms. The molecule has 1 heterocycles. The SMILES string of the molecule is O=C(NCC1(C(=O)O)CCCCC1)c1cc(Cl)cc2cccnc12. The highest BCUT2D eigenvalue weighted by Gasteiger charge is 2.39. The van der Waals surface area contributed by atoms with Crippen LogP contribution >= 0.6 is 11.6 Å². The molecule has 0 spiro atoms. The van der Waals surface area contributed by atoms with Gasteiger partial charge in [-0.3, -0.25) is 14.6 Å². The molecule has 0 saturated heterocycles. The van der Waals surface area contributed by atoms with Gasteiger partial charge in [-0.15, -0.1) is 0 Å². The maximum absolute atomic E-state index is 12.6. The largest absolute Gasteiger partial charge is 0.481 e. The Morgan fingerprint density at radius 2 is 2.00 bits per heavy atom. The maximum atomic E-state index is 12.6. The van der Waals surface area contributed by atoms with Crippen molar-refractivity contribution in [1.82, 2.24) is 10.3 Å². The molecule has 5 nitrogen and oxygen atoms in total. The highest BCUT2D eigenvalue weighted by atomic mass is 35.5. The van der Waals surface area contributed by atoms with Gasteiger partial charge in [-0.25, -0.2) is 0 Å². The van der Waals surface area contributed by atoms with Crippen LogP contribution in [0.15, 0.2) is 30.5 Å². The Morgan fingerprint density at radius 3 is 2.71 bits per heavy atom. The molecule has 1 fully saturated rings. The Morgan fingerprint density at radius 1 is 1.25 bits per heavy atom. The number of hydrogen-bond acceptors (Lipinski definition) is 3. The smallest absolute Gasteiger partial charge is 0.311 e. The molecular weight excluding hydrogens is 328 g/mol. The average molecular weight is 347 g/mol. The van der Waals surface area contributed by atoms with E-state index in [-0.39, 0.29) is 12.5 Å². The van der Waals surface area contributed by atoms with Crippen molar-refractivity contribution in [2.45, 2.75) is 32.1 Å². The van der Waals surface area contributed by atoms with E-state index in [4.69, 9.17) is 11.6 Å². The summed E-state index contributed by atoms with van der Waals surface area (Å²) in [5, 5.41) is 13.6. The summed E-state index contributed by atoms with van der Waals surface area (Å²) in [7, 11) is 0. The third-order valence-corrected chi connectivity index (χ3v) is 4.98. The van der Waals surface area contributed by atoms with E-state index < -0.39 is 11.4 Å². The van der Waals surface area contributed by atoms with E-state index in [0.717, 1.165) is 24.6 Å². The number of carboxylic acids is 1. The van der Waals surface area contributed by atoms with Gasteiger partial charge >= 0.3 is 5.97 Å². The minimum atomic E-state index is -0.865. The first-order valence-electron chi connectivity index (χ1n) is 8.08. The van der Waals surface area contributed by atoms with Gasteiger partial charge in [0.2, 0.25) is 0 Å². The number of rotatable bonds is 4. The molecule has 1 aromatic heterocycles. The zero-order valence-electron chi connectivity index (χ0n) is 13.2. The molecule has 0 aliphatic heterocycles. The van der Waals surface area contributed by atoms with Gasteiger partial charge in [-0.1, -0.05) is 36.9 Å². The molecule has 0 radical (unpaired) electrons. The number of carbonyl (C=O) groups excluding carboxylic acids is 1. The molecule has 126 valence electrons. The number of nitrogens with one attached hydrogen (secondary N) is 1. The number of benzene rings is 1. The number of halogens is 1. The van der Waals surface area contributed by atoms with Gasteiger partial charge in [-0.05, 0) is 31.0 Å². The number of carbonyl (C=O) groups is 2. The van der Waals surface area contributed by atoms with Gasteiger partial charge in [-0.2, -0.15) is 0 Å². The summed E-state index contributed by atoms with van der Waals surface area (Å²) in [6, 6.07) is 6.94. The topological polar surface area (TPSA) is 79.3 Å². The van der Waals surface area contributed by atoms with Crippen molar-refractivity contribution in [3.05, 3.63) is 41.0 Å². The van der Waals surface area contributed by atoms with Crippen molar-refractivity contribution in [3.63, 3.8) is 0 Å². The third-order valence-electron chi connectivity index (χ3n) is 4.77. The second-order valence-electron chi connectivity index (χ2n) is 6.36. The van der Waals surface area contributed by atoms with Crippen LogP contribution in [-0.2, 0) is 4.79 Å². The summed E-state index contributed by atoms with van der Waals surface area (Å²) >= 11 is 6.09. The van der Waals surface area contributed by atoms with E-state index in [2.05, 4.69) is 10.3 Å². The first kappa shape index (κ1) is 16.7. The van der Waals surface area contributed by atoms with Gasteiger partial charge in [0, 0.05) is 23.2 Å². The average Bonchev–Trinajstić information content (AvgIpc) is 2.59. The second kappa shape index (κ2) is 6.77. The number of aromatic nitrogens is 1. The standard InChI is InChI=1S/C18H19ClN2O3/c19-13-9-12-5-4-8-20-15(12)14(10-13)16(22)21-11-18(17(23)24)6-2-1-3-7-18/h4-5,8-10H,1-3,6-7,11H2,(H,21,22)(H,23,24). The number of carboxylic acid groups (broad SMARTS) is 1. The van der Waals surface area contributed by atoms with E-state index in [1.54, 1.807) is 24.4 Å². The Balaban J connectivity index is 1.84. The molecule has 1 amide bonds. The third kappa shape index (κ3) is 3.22. The number of aliphatic carboxylic acids is 1. The second-order valence-corrected chi connectivity index (χ2v) is 6.79. The van der Waals surface area contributed by atoms with Crippen LogP contribution in [0.2, 0.25) is 5.02 Å². The molecular formula is C18H19ClN2O3. The van der Waals surface area contributed by atoms with Crippen LogP contribution in [0.3, 0.4) is 0 Å². The highest BCUT2D eigenvalue weighted by molar-refractivity contribution is 6.32. The molecule has 1 aliphatic carbocycles. The molecule has 0 bridgehead atoms. The van der Waals surface area contributed by atoms with Crippen LogP contribution in [0.25, 0.3) is 10.9 Å². The molecule has 0 atom stereocenters. The summed E-state index contributed by atoms with van der Waals surface area (Å²) in [5.41, 5.74) is 0.0669. The number of amides is 1. The number of fused-ring (bicyclic) bond motifs is 1. The minimum absolute atomic E-state index is 0.127. The Labute approximate surface area is 145 Å². The van der Waals surface area contributed by atoms with Crippen molar-refractivity contribution in [1.29, 1.82) is 0 Å². The molecule has 3 rings (SSSR count). The number of nitrogens with zero attached hydrogens (tertiary/aromatic N) is 1.